The van der Waals surface area contributed by atoms with E-state index in [0.29, 0.717) is 54.2 Å². The van der Waals surface area contributed by atoms with Crippen LogP contribution in [0, 0.1) is 0 Å². The van der Waals surface area contributed by atoms with Crippen molar-refractivity contribution in [1.82, 2.24) is 9.80 Å². The van der Waals surface area contributed by atoms with Gasteiger partial charge in [0.2, 0.25) is 5.91 Å². The Hall–Kier alpha value is -3.24. The van der Waals surface area contributed by atoms with Crippen molar-refractivity contribution in [2.45, 2.75) is 19.4 Å². The second-order valence-corrected chi connectivity index (χ2v) is 8.93. The quantitative estimate of drug-likeness (QED) is 0.398. The third kappa shape index (κ3) is 5.23. The van der Waals surface area contributed by atoms with E-state index in [-0.39, 0.29) is 18.9 Å². The van der Waals surface area contributed by atoms with Crippen LogP contribution < -0.4 is 9.47 Å². The SMILES string of the molecule is C=CCOC(=O)C1=C(C)N=C2SC=C(CC(=O)N3CCOCC3)N2[C@H]1c1cc(OC)cc(OC)c1. The highest BCUT2D eigenvalue weighted by Crippen LogP contribution is 2.46. The van der Waals surface area contributed by atoms with Crippen molar-refractivity contribution in [3.63, 3.8) is 0 Å². The molecule has 3 aliphatic rings. The molecule has 3 aliphatic heterocycles. The minimum atomic E-state index is -0.581. The van der Waals surface area contributed by atoms with Crippen molar-refractivity contribution in [3.05, 3.63) is 58.8 Å². The standard InChI is InChI=1S/C25H29N3O6S/c1-5-8-34-24(30)22-16(2)26-25-28(23(22)17-11-19(31-3)14-20(12-17)32-4)18(15-35-25)13-21(29)27-6-9-33-10-7-27/h5,11-12,14-15,23H,1,6-10,13H2,2-4H3/t23-/m0/s1. The van der Waals surface area contributed by atoms with E-state index < -0.39 is 12.0 Å². The first-order valence-electron chi connectivity index (χ1n) is 11.3. The molecule has 1 atom stereocenters. The van der Waals surface area contributed by atoms with Gasteiger partial charge >= 0.3 is 5.97 Å². The number of aliphatic imine (C=N–C) groups is 1. The Labute approximate surface area is 209 Å². The fraction of sp³-hybridized carbons (Fsp3) is 0.400. The van der Waals surface area contributed by atoms with E-state index in [2.05, 4.69) is 11.6 Å². The first-order valence-corrected chi connectivity index (χ1v) is 12.2. The van der Waals surface area contributed by atoms with E-state index in [1.54, 1.807) is 32.1 Å². The third-order valence-electron chi connectivity index (χ3n) is 5.94. The number of amides is 1. The number of ether oxygens (including phenoxy) is 4. The van der Waals surface area contributed by atoms with E-state index in [1.165, 1.54) is 17.8 Å². The number of thioether (sulfide) groups is 1. The van der Waals surface area contributed by atoms with Gasteiger partial charge in [0.15, 0.2) is 5.17 Å². The van der Waals surface area contributed by atoms with Gasteiger partial charge in [-0.15, -0.1) is 0 Å². The molecule has 9 nitrogen and oxygen atoms in total. The van der Waals surface area contributed by atoms with Crippen LogP contribution in [0.5, 0.6) is 11.5 Å². The van der Waals surface area contributed by atoms with E-state index >= 15 is 0 Å². The zero-order chi connectivity index (χ0) is 24.9. The Bertz CT molecular complexity index is 1080. The van der Waals surface area contributed by atoms with E-state index in [1.807, 2.05) is 22.4 Å². The molecule has 0 radical (unpaired) electrons. The Kier molecular flexibility index (Phi) is 7.82. The summed E-state index contributed by atoms with van der Waals surface area (Å²) in [6.07, 6.45) is 1.70. The van der Waals surface area contributed by atoms with Gasteiger partial charge in [0.05, 0.1) is 51.2 Å². The van der Waals surface area contributed by atoms with Gasteiger partial charge in [0.25, 0.3) is 0 Å². The van der Waals surface area contributed by atoms with Crippen LogP contribution in [-0.4, -0.2) is 74.0 Å². The van der Waals surface area contributed by atoms with Gasteiger partial charge in [-0.1, -0.05) is 24.4 Å². The van der Waals surface area contributed by atoms with Crippen LogP contribution in [0.1, 0.15) is 24.9 Å². The van der Waals surface area contributed by atoms with Crippen molar-refractivity contribution in [2.75, 3.05) is 47.1 Å². The number of benzene rings is 1. The number of morpholine rings is 1. The smallest absolute Gasteiger partial charge is 0.338 e. The number of hydrogen-bond acceptors (Lipinski definition) is 9. The fourth-order valence-electron chi connectivity index (χ4n) is 4.23. The van der Waals surface area contributed by atoms with Crippen molar-refractivity contribution < 1.29 is 28.5 Å². The van der Waals surface area contributed by atoms with Crippen molar-refractivity contribution >= 4 is 28.8 Å². The molecule has 1 aromatic carbocycles. The Balaban J connectivity index is 1.75. The predicted octanol–water partition coefficient (Wildman–Crippen LogP) is 3.26. The lowest BCUT2D eigenvalue weighted by molar-refractivity contribution is -0.138. The van der Waals surface area contributed by atoms with Crippen LogP contribution in [0.15, 0.2) is 58.2 Å². The molecule has 0 N–H and O–H groups in total. The molecule has 0 aromatic heterocycles. The molecule has 4 rings (SSSR count). The third-order valence-corrected chi connectivity index (χ3v) is 6.83. The Morgan fingerprint density at radius 3 is 2.51 bits per heavy atom. The van der Waals surface area contributed by atoms with Crippen LogP contribution in [0.4, 0.5) is 0 Å². The number of allylic oxidation sites excluding steroid dienone is 1. The van der Waals surface area contributed by atoms with Crippen LogP contribution >= 0.6 is 11.8 Å². The lowest BCUT2D eigenvalue weighted by Gasteiger charge is -2.37. The van der Waals surface area contributed by atoms with Crippen LogP contribution in [0.25, 0.3) is 0 Å². The molecule has 10 heteroatoms. The first kappa shape index (κ1) is 24.9. The zero-order valence-corrected chi connectivity index (χ0v) is 20.9. The summed E-state index contributed by atoms with van der Waals surface area (Å²) < 4.78 is 21.8. The fourth-order valence-corrected chi connectivity index (χ4v) is 5.19. The molecule has 0 saturated carbocycles. The van der Waals surface area contributed by atoms with E-state index in [4.69, 9.17) is 18.9 Å². The van der Waals surface area contributed by atoms with Gasteiger partial charge in [-0.25, -0.2) is 9.79 Å². The summed E-state index contributed by atoms with van der Waals surface area (Å²) in [5.41, 5.74) is 2.46. The van der Waals surface area contributed by atoms with Crippen molar-refractivity contribution in [1.29, 1.82) is 0 Å². The van der Waals surface area contributed by atoms with E-state index in [0.717, 1.165) is 11.3 Å². The maximum Gasteiger partial charge on any atom is 0.338 e. The molecule has 1 fully saturated rings. The summed E-state index contributed by atoms with van der Waals surface area (Å²) in [5.74, 6) is 0.682. The molecule has 3 heterocycles. The van der Waals surface area contributed by atoms with Crippen LogP contribution in [0.3, 0.4) is 0 Å². The number of carbonyl (C=O) groups excluding carboxylic acids is 2. The number of amidine groups is 1. The second kappa shape index (κ2) is 11.0. The van der Waals surface area contributed by atoms with Gasteiger partial charge < -0.3 is 28.7 Å². The summed E-state index contributed by atoms with van der Waals surface area (Å²) in [6, 6.07) is 4.90. The Morgan fingerprint density at radius 2 is 1.89 bits per heavy atom. The van der Waals surface area contributed by atoms with Crippen LogP contribution in [-0.2, 0) is 19.1 Å². The van der Waals surface area contributed by atoms with Gasteiger partial charge in [-0.05, 0) is 30.0 Å². The van der Waals surface area contributed by atoms with Crippen molar-refractivity contribution in [2.24, 2.45) is 4.99 Å². The summed E-state index contributed by atoms with van der Waals surface area (Å²) in [4.78, 5) is 34.7. The number of hydrogen-bond donors (Lipinski definition) is 0. The highest BCUT2D eigenvalue weighted by atomic mass is 32.2. The first-order chi connectivity index (χ1) is 17.0. The average molecular weight is 500 g/mol. The number of rotatable bonds is 8. The van der Waals surface area contributed by atoms with Gasteiger partial charge in [0, 0.05) is 24.9 Å². The molecule has 0 aliphatic carbocycles. The maximum absolute atomic E-state index is 13.2. The molecule has 0 spiro atoms. The highest BCUT2D eigenvalue weighted by Gasteiger charge is 2.41. The lowest BCUT2D eigenvalue weighted by atomic mass is 9.93. The van der Waals surface area contributed by atoms with Gasteiger partial charge in [-0.2, -0.15) is 0 Å². The number of carbonyl (C=O) groups is 2. The summed E-state index contributed by atoms with van der Waals surface area (Å²) in [5, 5.41) is 2.62. The van der Waals surface area contributed by atoms with E-state index in [9.17, 15) is 9.59 Å². The summed E-state index contributed by atoms with van der Waals surface area (Å²) in [6.45, 7) is 7.69. The monoisotopic (exact) mass is 499 g/mol. The number of methoxy groups -OCH3 is 2. The average Bonchev–Trinajstić information content (AvgIpc) is 3.28. The normalized spacial score (nSPS) is 19.6. The highest BCUT2D eigenvalue weighted by molar-refractivity contribution is 8.16. The minimum absolute atomic E-state index is 0.00503. The molecule has 1 amide bonds. The number of fused-ring (bicyclic) bond motifs is 1. The second-order valence-electron chi connectivity index (χ2n) is 8.10. The topological polar surface area (TPSA) is 89.9 Å². The van der Waals surface area contributed by atoms with Gasteiger partial charge in [0.1, 0.15) is 18.1 Å². The number of esters is 1. The summed E-state index contributed by atoms with van der Waals surface area (Å²) >= 11 is 1.43. The molecular weight excluding hydrogens is 470 g/mol. The molecule has 0 bridgehead atoms. The predicted molar refractivity (Wildman–Crippen MR) is 133 cm³/mol. The van der Waals surface area contributed by atoms with Crippen LogP contribution in [0.2, 0.25) is 0 Å². The minimum Gasteiger partial charge on any atom is -0.497 e. The molecule has 35 heavy (non-hydrogen) atoms. The zero-order valence-electron chi connectivity index (χ0n) is 20.1. The van der Waals surface area contributed by atoms with Crippen molar-refractivity contribution in [3.8, 4) is 11.5 Å². The molecule has 1 saturated heterocycles. The summed E-state index contributed by atoms with van der Waals surface area (Å²) in [7, 11) is 3.15. The maximum atomic E-state index is 13.2. The van der Waals surface area contributed by atoms with Gasteiger partial charge in [-0.3, -0.25) is 4.79 Å². The molecule has 186 valence electrons. The number of nitrogens with zero attached hydrogens (tertiary/aromatic N) is 3. The molecular formula is C25H29N3O6S. The Morgan fingerprint density at radius 1 is 1.20 bits per heavy atom. The largest absolute Gasteiger partial charge is 0.497 e. The lowest BCUT2D eigenvalue weighted by Crippen LogP contribution is -2.42. The molecule has 0 unspecified atom stereocenters. The molecule has 1 aromatic rings.